The van der Waals surface area contributed by atoms with Gasteiger partial charge in [-0.2, -0.15) is 0 Å². The van der Waals surface area contributed by atoms with Crippen molar-refractivity contribution in [3.05, 3.63) is 56.8 Å². The number of hydrogen-bond donors (Lipinski definition) is 17. The number of benzene rings is 1. The number of nitrogens with zero attached hydrogens (tertiary/aromatic N) is 3. The minimum absolute atomic E-state index is 0.0596. The molecule has 2 amide bonds. The van der Waals surface area contributed by atoms with Crippen LogP contribution >= 0.6 is 11.6 Å². The van der Waals surface area contributed by atoms with Crippen LogP contribution in [0.1, 0.15) is 71.3 Å². The van der Waals surface area contributed by atoms with E-state index in [0.29, 0.717) is 25.8 Å². The molecule has 2 aromatic rings. The number of rotatable bonds is 26. The Bertz CT molecular complexity index is 1830. The van der Waals surface area contributed by atoms with Gasteiger partial charge in [0.25, 0.3) is 5.91 Å². The summed E-state index contributed by atoms with van der Waals surface area (Å²) in [6.45, 7) is -2.02. The lowest BCUT2D eigenvalue weighted by atomic mass is 9.82. The van der Waals surface area contributed by atoms with Gasteiger partial charge in [0.15, 0.2) is 40.0 Å². The number of amides is 2. The molecule has 1 aromatic carbocycles. The number of carbonyl (C=O) groups is 2. The van der Waals surface area contributed by atoms with Crippen molar-refractivity contribution in [1.29, 1.82) is 5.41 Å². The van der Waals surface area contributed by atoms with Crippen LogP contribution in [-0.4, -0.2) is 172 Å². The summed E-state index contributed by atoms with van der Waals surface area (Å²) in [4.78, 5) is 34.0. The van der Waals surface area contributed by atoms with Crippen molar-refractivity contribution >= 4 is 41.0 Å². The third-order valence-electron chi connectivity index (χ3n) is 10.6. The molecule has 1 aliphatic carbocycles. The van der Waals surface area contributed by atoms with Crippen LogP contribution in [0.25, 0.3) is 0 Å². The molecular weight excluding hydrogens is 836 g/mol. The van der Waals surface area contributed by atoms with Crippen molar-refractivity contribution in [2.45, 2.75) is 107 Å². The molecule has 1 aromatic heterocycles. The fourth-order valence-electron chi connectivity index (χ4n) is 7.14. The summed E-state index contributed by atoms with van der Waals surface area (Å²) in [7, 11) is 0. The topological polar surface area (TPSA) is 403 Å². The fourth-order valence-corrected chi connectivity index (χ4v) is 7.27. The van der Waals surface area contributed by atoms with Crippen molar-refractivity contribution in [2.24, 2.45) is 5.73 Å². The Balaban J connectivity index is 1.55. The number of carbonyl (C=O) groups excluding carboxylic acids is 2. The SMILES string of the molecule is N=C(NCCCCc1ccc(CC[C@H](NCCCN(C[C@H](O)/C(O)=C(\O)[C@H](O)CO)C[C@H](O)[C@@H](O)[C@H](O)[C@H](O)CO)C(N)=O)c2c1CCCC2)NC(=O)c1nc(Cl)c(N)nc1N. The number of halogens is 1. The van der Waals surface area contributed by atoms with Crippen molar-refractivity contribution < 1.29 is 60.7 Å². The van der Waals surface area contributed by atoms with Gasteiger partial charge in [-0.05, 0) is 99.6 Å². The number of guanidine groups is 1. The van der Waals surface area contributed by atoms with Crippen molar-refractivity contribution in [3.63, 3.8) is 0 Å². The molecule has 0 saturated heterocycles. The van der Waals surface area contributed by atoms with E-state index in [9.17, 15) is 50.4 Å². The first kappa shape index (κ1) is 51.9. The second-order valence-corrected chi connectivity index (χ2v) is 15.6. The third-order valence-corrected chi connectivity index (χ3v) is 10.9. The summed E-state index contributed by atoms with van der Waals surface area (Å²) < 4.78 is 0. The van der Waals surface area contributed by atoms with Crippen LogP contribution < -0.4 is 33.2 Å². The van der Waals surface area contributed by atoms with E-state index in [1.807, 2.05) is 0 Å². The number of aliphatic hydroxyl groups excluding tert-OH is 10. The normalized spacial score (nSPS) is 16.6. The molecule has 7 atom stereocenters. The summed E-state index contributed by atoms with van der Waals surface area (Å²) in [6.07, 6.45) is -3.51. The highest BCUT2D eigenvalue weighted by Crippen LogP contribution is 2.30. The van der Waals surface area contributed by atoms with Crippen molar-refractivity contribution in [3.8, 4) is 0 Å². The number of primary amides is 1. The molecule has 20 N–H and O–H groups in total. The van der Waals surface area contributed by atoms with Crippen LogP contribution in [0, 0.1) is 5.41 Å². The fraction of sp³-hybridized carbons (Fsp3) is 0.615. The number of nitrogens with one attached hydrogen (secondary N) is 4. The molecule has 1 aliphatic rings. The molecule has 0 spiro atoms. The van der Waals surface area contributed by atoms with E-state index in [1.165, 1.54) is 21.6 Å². The summed E-state index contributed by atoms with van der Waals surface area (Å²) in [5.41, 5.74) is 21.7. The summed E-state index contributed by atoms with van der Waals surface area (Å²) in [5.74, 6) is -3.98. The van der Waals surface area contributed by atoms with Crippen LogP contribution in [0.3, 0.4) is 0 Å². The predicted octanol–water partition coefficient (Wildman–Crippen LogP) is -3.00. The first-order chi connectivity index (χ1) is 29.4. The van der Waals surface area contributed by atoms with Crippen LogP contribution in [0.4, 0.5) is 11.6 Å². The quantitative estimate of drug-likeness (QED) is 0.0194. The molecule has 0 fully saturated rings. The van der Waals surface area contributed by atoms with Gasteiger partial charge < -0.3 is 78.9 Å². The molecule has 0 bridgehead atoms. The zero-order valence-electron chi connectivity index (χ0n) is 34.5. The lowest BCUT2D eigenvalue weighted by Crippen LogP contribution is -2.51. The van der Waals surface area contributed by atoms with Gasteiger partial charge in [0.05, 0.1) is 25.4 Å². The Morgan fingerprint density at radius 2 is 1.42 bits per heavy atom. The van der Waals surface area contributed by atoms with Gasteiger partial charge in [-0.3, -0.25) is 25.2 Å². The molecule has 0 aliphatic heterocycles. The number of aromatic nitrogens is 2. The predicted molar refractivity (Wildman–Crippen MR) is 228 cm³/mol. The summed E-state index contributed by atoms with van der Waals surface area (Å²) >= 11 is 5.85. The average molecular weight is 899 g/mol. The Kier molecular flexibility index (Phi) is 21.4. The van der Waals surface area contributed by atoms with E-state index in [1.54, 1.807) is 0 Å². The van der Waals surface area contributed by atoms with Gasteiger partial charge in [-0.15, -0.1) is 0 Å². The maximum atomic E-state index is 12.5. The zero-order valence-corrected chi connectivity index (χ0v) is 35.2. The molecule has 3 rings (SSSR count). The van der Waals surface area contributed by atoms with Gasteiger partial charge in [0, 0.05) is 19.6 Å². The number of nitrogens with two attached hydrogens (primary N) is 3. The third kappa shape index (κ3) is 15.4. The molecule has 348 valence electrons. The highest BCUT2D eigenvalue weighted by atomic mass is 35.5. The summed E-state index contributed by atoms with van der Waals surface area (Å²) in [6, 6.07) is 3.48. The van der Waals surface area contributed by atoms with Crippen LogP contribution in [0.5, 0.6) is 0 Å². The number of unbranched alkanes of at least 4 members (excludes halogenated alkanes) is 1. The van der Waals surface area contributed by atoms with Gasteiger partial charge >= 0.3 is 0 Å². The van der Waals surface area contributed by atoms with Crippen LogP contribution in [0.2, 0.25) is 5.15 Å². The number of fused-ring (bicyclic) bond motifs is 1. The average Bonchev–Trinajstić information content (AvgIpc) is 3.25. The largest absolute Gasteiger partial charge is 0.506 e. The first-order valence-corrected chi connectivity index (χ1v) is 20.8. The van der Waals surface area contributed by atoms with E-state index in [4.69, 9.17) is 44.4 Å². The minimum atomic E-state index is -1.92. The Hall–Kier alpha value is -4.46. The number of hydrogen-bond acceptors (Lipinski definition) is 19. The van der Waals surface area contributed by atoms with E-state index in [0.717, 1.165) is 44.1 Å². The number of aryl methyl sites for hydroxylation is 2. The molecule has 22 nitrogen and oxygen atoms in total. The van der Waals surface area contributed by atoms with Crippen molar-refractivity contribution in [1.82, 2.24) is 30.8 Å². The number of aliphatic hydroxyl groups is 10. The minimum Gasteiger partial charge on any atom is -0.506 e. The Morgan fingerprint density at radius 3 is 2.03 bits per heavy atom. The van der Waals surface area contributed by atoms with Gasteiger partial charge in [-0.25, -0.2) is 9.97 Å². The van der Waals surface area contributed by atoms with E-state index >= 15 is 0 Å². The Morgan fingerprint density at radius 1 is 0.806 bits per heavy atom. The standard InChI is InChI=1S/C39H63ClN10O12/c40-34-36(42)48-35(41)29(47-34)38(62)49-39(44)46-13-4-3-6-20-9-10-21(23-8-2-1-7-22(20)23)11-12-24(37(43)61)45-14-5-15-50(16-25(53)30(57)32(59)27(55)18-51)17-26(54)31(58)33(60)28(56)19-52/h9-10,24-28,30,32,45,51-60H,1-8,11-19H2,(H2,43,61)(H4,41,42,48)(H3,44,46,49,62)/b33-31+/t24-,25-,26-,27+,28+,30+,32+/m0/s1. The number of anilines is 2. The van der Waals surface area contributed by atoms with Crippen LogP contribution in [0.15, 0.2) is 23.7 Å². The monoisotopic (exact) mass is 898 g/mol. The van der Waals surface area contributed by atoms with Crippen molar-refractivity contribution in [2.75, 3.05) is 57.4 Å². The first-order valence-electron chi connectivity index (χ1n) is 20.4. The molecule has 0 saturated carbocycles. The van der Waals surface area contributed by atoms with Gasteiger partial charge in [0.2, 0.25) is 5.91 Å². The highest BCUT2D eigenvalue weighted by Gasteiger charge is 2.32. The smallest absolute Gasteiger partial charge is 0.280 e. The maximum absolute atomic E-state index is 12.5. The second kappa shape index (κ2) is 25.6. The van der Waals surface area contributed by atoms with E-state index in [-0.39, 0.29) is 48.0 Å². The maximum Gasteiger partial charge on any atom is 0.280 e. The van der Waals surface area contributed by atoms with E-state index in [2.05, 4.69) is 38.1 Å². The molecule has 0 unspecified atom stereocenters. The summed E-state index contributed by atoms with van der Waals surface area (Å²) in [5, 5.41) is 116. The Labute approximate surface area is 363 Å². The molecule has 23 heteroatoms. The van der Waals surface area contributed by atoms with Gasteiger partial charge in [-0.1, -0.05) is 23.7 Å². The second-order valence-electron chi connectivity index (χ2n) is 15.2. The lowest BCUT2D eigenvalue weighted by molar-refractivity contribution is -0.120. The lowest BCUT2D eigenvalue weighted by Gasteiger charge is -2.31. The molecule has 0 radical (unpaired) electrons. The number of nitrogen functional groups attached to an aromatic ring is 2. The van der Waals surface area contributed by atoms with Gasteiger partial charge in [0.1, 0.15) is 30.5 Å². The van der Waals surface area contributed by atoms with Crippen LogP contribution in [-0.2, 0) is 30.5 Å². The highest BCUT2D eigenvalue weighted by molar-refractivity contribution is 6.31. The zero-order chi connectivity index (χ0) is 46.1. The van der Waals surface area contributed by atoms with E-state index < -0.39 is 92.3 Å². The molecular formula is C39H63ClN10O12. The molecule has 62 heavy (non-hydrogen) atoms. The molecule has 1 heterocycles.